The van der Waals surface area contributed by atoms with Gasteiger partial charge >= 0.3 is 0 Å². The molecule has 7 heteroatoms. The Morgan fingerprint density at radius 1 is 1.52 bits per heavy atom. The van der Waals surface area contributed by atoms with Gasteiger partial charge in [-0.15, -0.1) is 24.0 Å². The Balaban J connectivity index is 0.00000264. The fraction of sp³-hybridized carbons (Fsp3) is 0.750. The van der Waals surface area contributed by atoms with Crippen LogP contribution in [0.15, 0.2) is 17.4 Å². The van der Waals surface area contributed by atoms with E-state index in [4.69, 9.17) is 0 Å². The molecule has 0 radical (unpaired) electrons. The third kappa shape index (κ3) is 5.63. The van der Waals surface area contributed by atoms with Gasteiger partial charge < -0.3 is 15.3 Å². The minimum atomic E-state index is -0.733. The number of halogens is 1. The van der Waals surface area contributed by atoms with Gasteiger partial charge in [0.2, 0.25) is 0 Å². The first-order valence-corrected chi connectivity index (χ1v) is 8.19. The standard InChI is InChI=1S/C16H29N5O.HI/c1-5-16(3,22)12-18-15(17-6-2)21-8-7-13(11-21)14-9-19-20(4)10-14;/h9-10,13,22H,5-8,11-12H2,1-4H3,(H,17,18);1H. The van der Waals surface area contributed by atoms with Gasteiger partial charge in [-0.2, -0.15) is 5.10 Å². The van der Waals surface area contributed by atoms with Gasteiger partial charge in [-0.25, -0.2) is 0 Å². The summed E-state index contributed by atoms with van der Waals surface area (Å²) in [5.74, 6) is 1.41. The summed E-state index contributed by atoms with van der Waals surface area (Å²) in [7, 11) is 1.95. The van der Waals surface area contributed by atoms with E-state index in [9.17, 15) is 5.11 Å². The number of rotatable bonds is 5. The largest absolute Gasteiger partial charge is 0.388 e. The smallest absolute Gasteiger partial charge is 0.194 e. The first kappa shape index (κ1) is 20.2. The topological polar surface area (TPSA) is 65.7 Å². The Bertz CT molecular complexity index is 514. The maximum atomic E-state index is 10.2. The Morgan fingerprint density at radius 2 is 2.26 bits per heavy atom. The third-order valence-corrected chi connectivity index (χ3v) is 4.35. The van der Waals surface area contributed by atoms with E-state index in [1.165, 1.54) is 5.56 Å². The van der Waals surface area contributed by atoms with Crippen LogP contribution in [0.5, 0.6) is 0 Å². The van der Waals surface area contributed by atoms with Crippen LogP contribution in [0.2, 0.25) is 0 Å². The average molecular weight is 435 g/mol. The Hall–Kier alpha value is -0.830. The zero-order chi connectivity index (χ0) is 16.2. The summed E-state index contributed by atoms with van der Waals surface area (Å²) in [5, 5.41) is 17.8. The summed E-state index contributed by atoms with van der Waals surface area (Å²) < 4.78 is 1.86. The molecule has 1 saturated heterocycles. The molecular formula is C16H30IN5O. The summed E-state index contributed by atoms with van der Waals surface area (Å²) in [6.07, 6.45) is 5.87. The molecule has 1 aliphatic rings. The van der Waals surface area contributed by atoms with E-state index >= 15 is 0 Å². The molecule has 0 aliphatic carbocycles. The van der Waals surface area contributed by atoms with Crippen molar-refractivity contribution in [2.75, 3.05) is 26.2 Å². The maximum absolute atomic E-state index is 10.2. The molecule has 132 valence electrons. The van der Waals surface area contributed by atoms with E-state index in [-0.39, 0.29) is 24.0 Å². The molecule has 6 nitrogen and oxygen atoms in total. The number of likely N-dealkylation sites (tertiary alicyclic amines) is 1. The van der Waals surface area contributed by atoms with E-state index in [0.717, 1.165) is 32.0 Å². The van der Waals surface area contributed by atoms with Gasteiger partial charge in [0.15, 0.2) is 5.96 Å². The summed E-state index contributed by atoms with van der Waals surface area (Å²) in [6.45, 7) is 9.09. The van der Waals surface area contributed by atoms with Gasteiger partial charge in [0, 0.05) is 38.8 Å². The Morgan fingerprint density at radius 3 is 2.83 bits per heavy atom. The second-order valence-corrected chi connectivity index (χ2v) is 6.40. The lowest BCUT2D eigenvalue weighted by atomic mass is 10.0. The second-order valence-electron chi connectivity index (χ2n) is 6.40. The molecule has 1 fully saturated rings. The predicted molar refractivity (Wildman–Crippen MR) is 104 cm³/mol. The van der Waals surface area contributed by atoms with Crippen LogP contribution in [-0.4, -0.2) is 57.5 Å². The summed E-state index contributed by atoms with van der Waals surface area (Å²) >= 11 is 0. The molecule has 1 aliphatic heterocycles. The van der Waals surface area contributed by atoms with Crippen molar-refractivity contribution in [2.45, 2.75) is 45.1 Å². The zero-order valence-corrected chi connectivity index (χ0v) is 16.9. The molecule has 0 aromatic carbocycles. The maximum Gasteiger partial charge on any atom is 0.194 e. The van der Waals surface area contributed by atoms with Gasteiger partial charge in [-0.3, -0.25) is 9.67 Å². The highest BCUT2D eigenvalue weighted by Crippen LogP contribution is 2.26. The van der Waals surface area contributed by atoms with E-state index in [0.29, 0.717) is 18.9 Å². The molecule has 23 heavy (non-hydrogen) atoms. The van der Waals surface area contributed by atoms with Crippen molar-refractivity contribution in [3.8, 4) is 0 Å². The predicted octanol–water partition coefficient (Wildman–Crippen LogP) is 1.95. The molecule has 2 rings (SSSR count). The van der Waals surface area contributed by atoms with E-state index < -0.39 is 5.60 Å². The van der Waals surface area contributed by atoms with Gasteiger partial charge in [0.1, 0.15) is 0 Å². The summed E-state index contributed by atoms with van der Waals surface area (Å²) in [4.78, 5) is 6.92. The second kappa shape index (κ2) is 8.86. The number of guanidine groups is 1. The molecule has 0 bridgehead atoms. The number of nitrogens with one attached hydrogen (secondary N) is 1. The van der Waals surface area contributed by atoms with Crippen LogP contribution in [-0.2, 0) is 7.05 Å². The van der Waals surface area contributed by atoms with E-state index in [1.54, 1.807) is 0 Å². The van der Waals surface area contributed by atoms with Crippen molar-refractivity contribution in [1.29, 1.82) is 0 Å². The first-order valence-electron chi connectivity index (χ1n) is 8.19. The highest BCUT2D eigenvalue weighted by molar-refractivity contribution is 14.0. The van der Waals surface area contributed by atoms with Crippen molar-refractivity contribution in [1.82, 2.24) is 20.0 Å². The number of hydrogen-bond donors (Lipinski definition) is 2. The molecular weight excluding hydrogens is 405 g/mol. The number of aliphatic imine (C=N–C) groups is 1. The minimum Gasteiger partial charge on any atom is -0.388 e. The van der Waals surface area contributed by atoms with Crippen molar-refractivity contribution < 1.29 is 5.11 Å². The number of aryl methyl sites for hydroxylation is 1. The summed E-state index contributed by atoms with van der Waals surface area (Å²) in [5.41, 5.74) is 0.560. The first-order chi connectivity index (χ1) is 10.4. The molecule has 2 heterocycles. The van der Waals surface area contributed by atoms with Crippen molar-refractivity contribution >= 4 is 29.9 Å². The Kier molecular flexibility index (Phi) is 7.79. The minimum absolute atomic E-state index is 0. The normalized spacial score (nSPS) is 21.0. The van der Waals surface area contributed by atoms with Crippen LogP contribution >= 0.6 is 24.0 Å². The summed E-state index contributed by atoms with van der Waals surface area (Å²) in [6, 6.07) is 0. The van der Waals surface area contributed by atoms with Crippen LogP contribution in [0.3, 0.4) is 0 Å². The van der Waals surface area contributed by atoms with Crippen LogP contribution in [0.1, 0.15) is 45.1 Å². The SMILES string of the molecule is CCNC(=NCC(C)(O)CC)N1CCC(c2cnn(C)c2)C1.I. The fourth-order valence-corrected chi connectivity index (χ4v) is 2.66. The highest BCUT2D eigenvalue weighted by Gasteiger charge is 2.27. The van der Waals surface area contributed by atoms with Gasteiger partial charge in [0.05, 0.1) is 18.3 Å². The molecule has 2 unspecified atom stereocenters. The Labute approximate surface area is 156 Å². The van der Waals surface area contributed by atoms with Crippen LogP contribution in [0.25, 0.3) is 0 Å². The highest BCUT2D eigenvalue weighted by atomic mass is 127. The fourth-order valence-electron chi connectivity index (χ4n) is 2.66. The zero-order valence-electron chi connectivity index (χ0n) is 14.6. The molecule has 0 amide bonds. The van der Waals surface area contributed by atoms with Crippen molar-refractivity contribution in [3.63, 3.8) is 0 Å². The monoisotopic (exact) mass is 435 g/mol. The van der Waals surface area contributed by atoms with Crippen molar-refractivity contribution in [3.05, 3.63) is 18.0 Å². The van der Waals surface area contributed by atoms with Crippen LogP contribution in [0, 0.1) is 0 Å². The van der Waals surface area contributed by atoms with E-state index in [1.807, 2.05) is 31.8 Å². The lowest BCUT2D eigenvalue weighted by molar-refractivity contribution is 0.0654. The number of aromatic nitrogens is 2. The molecule has 2 N–H and O–H groups in total. The number of aliphatic hydroxyl groups is 1. The van der Waals surface area contributed by atoms with E-state index in [2.05, 4.69) is 33.4 Å². The van der Waals surface area contributed by atoms with Crippen LogP contribution < -0.4 is 5.32 Å². The van der Waals surface area contributed by atoms with Gasteiger partial charge in [0.25, 0.3) is 0 Å². The lowest BCUT2D eigenvalue weighted by Gasteiger charge is -2.24. The van der Waals surface area contributed by atoms with Gasteiger partial charge in [-0.05, 0) is 32.3 Å². The lowest BCUT2D eigenvalue weighted by Crippen LogP contribution is -2.41. The molecule has 2 atom stereocenters. The van der Waals surface area contributed by atoms with Gasteiger partial charge in [-0.1, -0.05) is 6.92 Å². The van der Waals surface area contributed by atoms with Crippen molar-refractivity contribution in [2.24, 2.45) is 12.0 Å². The molecule has 1 aromatic heterocycles. The van der Waals surface area contributed by atoms with Crippen LogP contribution in [0.4, 0.5) is 0 Å². The molecule has 1 aromatic rings. The number of hydrogen-bond acceptors (Lipinski definition) is 3. The molecule has 0 spiro atoms. The molecule has 0 saturated carbocycles. The number of nitrogens with zero attached hydrogens (tertiary/aromatic N) is 4. The quantitative estimate of drug-likeness (QED) is 0.422. The average Bonchev–Trinajstić information content (AvgIpc) is 3.12. The third-order valence-electron chi connectivity index (χ3n) is 4.35.